The van der Waals surface area contributed by atoms with Crippen molar-refractivity contribution in [3.05, 3.63) is 28.2 Å². The van der Waals surface area contributed by atoms with Crippen molar-refractivity contribution in [1.82, 2.24) is 4.90 Å². The van der Waals surface area contributed by atoms with E-state index in [4.69, 9.17) is 0 Å². The monoisotopic (exact) mass is 311 g/mol. The Kier molecular flexibility index (Phi) is 4.43. The van der Waals surface area contributed by atoms with Crippen LogP contribution in [0.15, 0.2) is 22.7 Å². The highest BCUT2D eigenvalue weighted by atomic mass is 79.9. The van der Waals surface area contributed by atoms with Gasteiger partial charge in [0.05, 0.1) is 6.54 Å². The van der Waals surface area contributed by atoms with Gasteiger partial charge in [0, 0.05) is 16.1 Å². The molecule has 0 aromatic heterocycles. The van der Waals surface area contributed by atoms with E-state index in [1.807, 2.05) is 0 Å². The average molecular weight is 312 g/mol. The molecule has 1 aromatic carbocycles. The summed E-state index contributed by atoms with van der Waals surface area (Å²) in [5.74, 6) is -0.00488. The first-order valence-corrected chi connectivity index (χ1v) is 5.75. The third kappa shape index (κ3) is 4.20. The lowest BCUT2D eigenvalue weighted by molar-refractivity contribution is -0.147. The van der Waals surface area contributed by atoms with Crippen molar-refractivity contribution in [2.24, 2.45) is 0 Å². The second-order valence-corrected chi connectivity index (χ2v) is 4.83. The van der Waals surface area contributed by atoms with Crippen LogP contribution in [0.2, 0.25) is 0 Å². The third-order valence-electron chi connectivity index (χ3n) is 2.53. The zero-order chi connectivity index (χ0) is 13.2. The molecule has 0 heterocycles. The minimum absolute atomic E-state index is 0.00488. The topological polar surface area (TPSA) is 23.5 Å². The molecule has 6 heteroatoms. The van der Waals surface area contributed by atoms with E-state index < -0.39 is 18.8 Å². The molecule has 1 unspecified atom stereocenters. The lowest BCUT2D eigenvalue weighted by Crippen LogP contribution is -2.33. The Labute approximate surface area is 106 Å². The first-order chi connectivity index (χ1) is 7.70. The van der Waals surface area contributed by atoms with Gasteiger partial charge in [-0.15, -0.1) is 0 Å². The number of phenolic OH excluding ortho intramolecular Hbond substituents is 1. The van der Waals surface area contributed by atoms with Gasteiger partial charge >= 0.3 is 6.18 Å². The summed E-state index contributed by atoms with van der Waals surface area (Å²) in [4.78, 5) is 1.14. The Morgan fingerprint density at radius 3 is 2.53 bits per heavy atom. The fraction of sp³-hybridized carbons (Fsp3) is 0.455. The first kappa shape index (κ1) is 14.3. The van der Waals surface area contributed by atoms with Crippen LogP contribution in [-0.2, 0) is 0 Å². The second kappa shape index (κ2) is 5.27. The molecule has 0 fully saturated rings. The van der Waals surface area contributed by atoms with Crippen LogP contribution in [0.4, 0.5) is 13.2 Å². The number of rotatable bonds is 3. The van der Waals surface area contributed by atoms with Gasteiger partial charge in [0.2, 0.25) is 0 Å². The smallest absolute Gasteiger partial charge is 0.401 e. The molecule has 0 aliphatic heterocycles. The van der Waals surface area contributed by atoms with Crippen LogP contribution in [0.3, 0.4) is 0 Å². The number of phenols is 1. The van der Waals surface area contributed by atoms with Crippen LogP contribution in [0.25, 0.3) is 0 Å². The normalized spacial score (nSPS) is 14.1. The minimum atomic E-state index is -4.25. The predicted octanol–water partition coefficient (Wildman–Crippen LogP) is 3.71. The third-order valence-corrected chi connectivity index (χ3v) is 3.02. The van der Waals surface area contributed by atoms with E-state index in [0.717, 1.165) is 9.37 Å². The molecule has 0 spiro atoms. The summed E-state index contributed by atoms with van der Waals surface area (Å²) in [6.45, 7) is 0.605. The fourth-order valence-corrected chi connectivity index (χ4v) is 1.90. The predicted molar refractivity (Wildman–Crippen MR) is 62.9 cm³/mol. The van der Waals surface area contributed by atoms with Gasteiger partial charge in [-0.05, 0) is 32.2 Å². The lowest BCUT2D eigenvalue weighted by atomic mass is 10.1. The van der Waals surface area contributed by atoms with Gasteiger partial charge in [-0.2, -0.15) is 13.2 Å². The summed E-state index contributed by atoms with van der Waals surface area (Å²) >= 11 is 3.22. The maximum atomic E-state index is 12.2. The number of hydrogen-bond donors (Lipinski definition) is 1. The molecular formula is C11H13BrF3NO. The second-order valence-electron chi connectivity index (χ2n) is 3.91. The Balaban J connectivity index is 2.88. The Morgan fingerprint density at radius 1 is 1.41 bits per heavy atom. The Hall–Kier alpha value is -0.750. The van der Waals surface area contributed by atoms with Crippen LogP contribution in [0, 0.1) is 0 Å². The molecule has 1 aromatic rings. The number of alkyl halides is 3. The highest BCUT2D eigenvalue weighted by Gasteiger charge is 2.31. The van der Waals surface area contributed by atoms with Crippen molar-refractivity contribution in [1.29, 1.82) is 0 Å². The van der Waals surface area contributed by atoms with Crippen molar-refractivity contribution in [2.45, 2.75) is 19.1 Å². The molecule has 1 N–H and O–H groups in total. The van der Waals surface area contributed by atoms with Gasteiger partial charge in [0.25, 0.3) is 0 Å². The van der Waals surface area contributed by atoms with Crippen molar-refractivity contribution < 1.29 is 18.3 Å². The van der Waals surface area contributed by atoms with Crippen LogP contribution >= 0.6 is 15.9 Å². The maximum Gasteiger partial charge on any atom is 0.401 e. The van der Waals surface area contributed by atoms with Crippen LogP contribution in [0.1, 0.15) is 18.5 Å². The quantitative estimate of drug-likeness (QED) is 0.920. The van der Waals surface area contributed by atoms with E-state index in [9.17, 15) is 18.3 Å². The average Bonchev–Trinajstić information content (AvgIpc) is 2.18. The molecule has 0 saturated carbocycles. The number of hydrogen-bond acceptors (Lipinski definition) is 2. The van der Waals surface area contributed by atoms with Gasteiger partial charge in [-0.3, -0.25) is 4.90 Å². The van der Waals surface area contributed by atoms with Crippen molar-refractivity contribution in [3.63, 3.8) is 0 Å². The van der Waals surface area contributed by atoms with Gasteiger partial charge in [-0.25, -0.2) is 0 Å². The van der Waals surface area contributed by atoms with Crippen molar-refractivity contribution in [2.75, 3.05) is 13.6 Å². The molecule has 0 aliphatic rings. The maximum absolute atomic E-state index is 12.2. The van der Waals surface area contributed by atoms with Gasteiger partial charge in [0.15, 0.2) is 0 Å². The molecular weight excluding hydrogens is 299 g/mol. The summed E-state index contributed by atoms with van der Waals surface area (Å²) in [6.07, 6.45) is -4.25. The van der Waals surface area contributed by atoms with Gasteiger partial charge in [0.1, 0.15) is 5.75 Å². The number of benzene rings is 1. The Bertz CT molecular complexity index is 395. The molecule has 17 heavy (non-hydrogen) atoms. The van der Waals surface area contributed by atoms with Crippen LogP contribution in [0.5, 0.6) is 5.75 Å². The largest absolute Gasteiger partial charge is 0.508 e. The number of halogens is 4. The molecule has 0 radical (unpaired) electrons. The minimum Gasteiger partial charge on any atom is -0.508 e. The SMILES string of the molecule is CC(c1cc(Br)ccc1O)N(C)CC(F)(F)F. The van der Waals surface area contributed by atoms with Gasteiger partial charge in [-0.1, -0.05) is 15.9 Å². The molecule has 1 rings (SSSR count). The molecule has 96 valence electrons. The molecule has 0 aliphatic carbocycles. The summed E-state index contributed by atoms with van der Waals surface area (Å²) < 4.78 is 37.5. The van der Waals surface area contributed by atoms with E-state index in [1.165, 1.54) is 13.1 Å². The Morgan fingerprint density at radius 2 is 2.00 bits per heavy atom. The van der Waals surface area contributed by atoms with Crippen molar-refractivity contribution >= 4 is 15.9 Å². The fourth-order valence-electron chi connectivity index (χ4n) is 1.52. The van der Waals surface area contributed by atoms with E-state index >= 15 is 0 Å². The summed E-state index contributed by atoms with van der Waals surface area (Å²) in [7, 11) is 1.37. The van der Waals surface area contributed by atoms with E-state index in [1.54, 1.807) is 19.1 Å². The molecule has 0 amide bonds. The zero-order valence-electron chi connectivity index (χ0n) is 9.42. The highest BCUT2D eigenvalue weighted by molar-refractivity contribution is 9.10. The van der Waals surface area contributed by atoms with Crippen LogP contribution in [-0.4, -0.2) is 29.8 Å². The summed E-state index contributed by atoms with van der Waals surface area (Å²) in [6, 6.07) is 4.19. The van der Waals surface area contributed by atoms with E-state index in [-0.39, 0.29) is 5.75 Å². The van der Waals surface area contributed by atoms with Crippen molar-refractivity contribution in [3.8, 4) is 5.75 Å². The van der Waals surface area contributed by atoms with Crippen LogP contribution < -0.4 is 0 Å². The zero-order valence-corrected chi connectivity index (χ0v) is 11.0. The van der Waals surface area contributed by atoms with E-state index in [0.29, 0.717) is 5.56 Å². The van der Waals surface area contributed by atoms with Gasteiger partial charge < -0.3 is 5.11 Å². The molecule has 2 nitrogen and oxygen atoms in total. The molecule has 0 bridgehead atoms. The standard InChI is InChI=1S/C11H13BrF3NO/c1-7(16(2)6-11(13,14)15)9-5-8(12)3-4-10(9)17/h3-5,7,17H,6H2,1-2H3. The first-order valence-electron chi connectivity index (χ1n) is 4.96. The lowest BCUT2D eigenvalue weighted by Gasteiger charge is -2.26. The molecule has 1 atom stereocenters. The number of aromatic hydroxyl groups is 1. The number of nitrogens with zero attached hydrogens (tertiary/aromatic N) is 1. The highest BCUT2D eigenvalue weighted by Crippen LogP contribution is 2.31. The summed E-state index contributed by atoms with van der Waals surface area (Å²) in [5.41, 5.74) is 0.464. The van der Waals surface area contributed by atoms with E-state index in [2.05, 4.69) is 15.9 Å². The molecule has 0 saturated heterocycles. The summed E-state index contributed by atoms with van der Waals surface area (Å²) in [5, 5.41) is 9.62.